The van der Waals surface area contributed by atoms with Crippen molar-refractivity contribution in [1.29, 1.82) is 0 Å². The highest BCUT2D eigenvalue weighted by atomic mass is 79.9. The SMILES string of the molecule is CCCCC(CC)COc1cc(Br)ccc1C(C)=O. The molecule has 1 atom stereocenters. The van der Waals surface area contributed by atoms with Crippen LogP contribution in [0.25, 0.3) is 0 Å². The molecular weight excluding hydrogens is 304 g/mol. The van der Waals surface area contributed by atoms with Crippen LogP contribution in [-0.4, -0.2) is 12.4 Å². The molecule has 0 spiro atoms. The van der Waals surface area contributed by atoms with Crippen molar-refractivity contribution in [2.24, 2.45) is 5.92 Å². The highest BCUT2D eigenvalue weighted by molar-refractivity contribution is 9.10. The summed E-state index contributed by atoms with van der Waals surface area (Å²) in [5, 5.41) is 0. The number of ketones is 1. The van der Waals surface area contributed by atoms with Crippen LogP contribution < -0.4 is 4.74 Å². The number of ether oxygens (including phenoxy) is 1. The maximum absolute atomic E-state index is 11.6. The predicted octanol–water partition coefficient (Wildman–Crippen LogP) is 5.25. The van der Waals surface area contributed by atoms with Gasteiger partial charge < -0.3 is 4.74 Å². The van der Waals surface area contributed by atoms with E-state index in [4.69, 9.17) is 4.74 Å². The first kappa shape index (κ1) is 16.2. The molecule has 1 aromatic rings. The first-order valence-corrected chi connectivity index (χ1v) is 7.81. The Morgan fingerprint density at radius 2 is 2.11 bits per heavy atom. The second kappa shape index (κ2) is 8.36. The van der Waals surface area contributed by atoms with Gasteiger partial charge in [-0.25, -0.2) is 0 Å². The van der Waals surface area contributed by atoms with Crippen molar-refractivity contribution in [3.8, 4) is 5.75 Å². The van der Waals surface area contributed by atoms with E-state index in [0.29, 0.717) is 23.8 Å². The Morgan fingerprint density at radius 3 is 2.68 bits per heavy atom. The van der Waals surface area contributed by atoms with Crippen molar-refractivity contribution < 1.29 is 9.53 Å². The van der Waals surface area contributed by atoms with Crippen molar-refractivity contribution in [2.45, 2.75) is 46.5 Å². The third kappa shape index (κ3) is 5.35. The maximum Gasteiger partial charge on any atom is 0.163 e. The zero-order chi connectivity index (χ0) is 14.3. The Hall–Kier alpha value is -0.830. The van der Waals surface area contributed by atoms with Gasteiger partial charge in [-0.15, -0.1) is 0 Å². The minimum Gasteiger partial charge on any atom is -0.493 e. The number of rotatable bonds is 8. The van der Waals surface area contributed by atoms with Crippen LogP contribution in [0.5, 0.6) is 5.75 Å². The maximum atomic E-state index is 11.6. The number of hydrogen-bond acceptors (Lipinski definition) is 2. The van der Waals surface area contributed by atoms with Gasteiger partial charge in [-0.05, 0) is 37.5 Å². The Balaban J connectivity index is 2.70. The number of hydrogen-bond donors (Lipinski definition) is 0. The minimum absolute atomic E-state index is 0.0455. The molecule has 0 fully saturated rings. The summed E-state index contributed by atoms with van der Waals surface area (Å²) in [7, 11) is 0. The summed E-state index contributed by atoms with van der Waals surface area (Å²) in [6.45, 7) is 6.66. The Labute approximate surface area is 124 Å². The highest BCUT2D eigenvalue weighted by Gasteiger charge is 2.12. The minimum atomic E-state index is 0.0455. The number of benzene rings is 1. The van der Waals surface area contributed by atoms with Gasteiger partial charge in [0.1, 0.15) is 5.75 Å². The zero-order valence-corrected chi connectivity index (χ0v) is 13.6. The van der Waals surface area contributed by atoms with Crippen molar-refractivity contribution in [1.82, 2.24) is 0 Å². The van der Waals surface area contributed by atoms with Crippen LogP contribution in [0.1, 0.15) is 56.8 Å². The van der Waals surface area contributed by atoms with E-state index in [9.17, 15) is 4.79 Å². The molecule has 0 bridgehead atoms. The number of halogens is 1. The predicted molar refractivity (Wildman–Crippen MR) is 82.9 cm³/mol. The third-order valence-corrected chi connectivity index (χ3v) is 3.83. The summed E-state index contributed by atoms with van der Waals surface area (Å²) in [6.07, 6.45) is 4.76. The zero-order valence-electron chi connectivity index (χ0n) is 12.0. The average Bonchev–Trinajstić information content (AvgIpc) is 2.38. The molecule has 1 aromatic carbocycles. The molecule has 0 aliphatic carbocycles. The monoisotopic (exact) mass is 326 g/mol. The molecule has 2 nitrogen and oxygen atoms in total. The van der Waals surface area contributed by atoms with Gasteiger partial charge in [0.05, 0.1) is 12.2 Å². The smallest absolute Gasteiger partial charge is 0.163 e. The van der Waals surface area contributed by atoms with Crippen LogP contribution in [0.15, 0.2) is 22.7 Å². The molecule has 1 unspecified atom stereocenters. The van der Waals surface area contributed by atoms with Crippen LogP contribution in [0.2, 0.25) is 0 Å². The van der Waals surface area contributed by atoms with E-state index in [1.165, 1.54) is 19.3 Å². The molecule has 0 aliphatic heterocycles. The molecule has 0 saturated heterocycles. The first-order chi connectivity index (χ1) is 9.08. The van der Waals surface area contributed by atoms with Crippen molar-refractivity contribution in [3.05, 3.63) is 28.2 Å². The van der Waals surface area contributed by atoms with Crippen molar-refractivity contribution >= 4 is 21.7 Å². The van der Waals surface area contributed by atoms with Gasteiger partial charge in [-0.2, -0.15) is 0 Å². The molecule has 0 radical (unpaired) electrons. The number of Topliss-reactive ketones (excluding diaryl/α,β-unsaturated/α-hetero) is 1. The molecule has 0 amide bonds. The number of carbonyl (C=O) groups excluding carboxylic acids is 1. The van der Waals surface area contributed by atoms with E-state index in [1.807, 2.05) is 18.2 Å². The van der Waals surface area contributed by atoms with E-state index in [0.717, 1.165) is 10.9 Å². The van der Waals surface area contributed by atoms with Gasteiger partial charge in [0, 0.05) is 4.47 Å². The molecule has 0 saturated carbocycles. The summed E-state index contributed by atoms with van der Waals surface area (Å²) in [6, 6.07) is 5.57. The number of unbranched alkanes of at least 4 members (excludes halogenated alkanes) is 1. The molecule has 19 heavy (non-hydrogen) atoms. The molecule has 106 valence electrons. The van der Waals surface area contributed by atoms with Gasteiger partial charge in [0.2, 0.25) is 0 Å². The molecule has 0 aliphatic rings. The van der Waals surface area contributed by atoms with Gasteiger partial charge >= 0.3 is 0 Å². The second-order valence-corrected chi connectivity index (χ2v) is 5.84. The van der Waals surface area contributed by atoms with Crippen LogP contribution in [0, 0.1) is 5.92 Å². The largest absolute Gasteiger partial charge is 0.493 e. The third-order valence-electron chi connectivity index (χ3n) is 3.34. The van der Waals surface area contributed by atoms with Gasteiger partial charge in [-0.3, -0.25) is 4.79 Å². The molecule has 0 N–H and O–H groups in total. The summed E-state index contributed by atoms with van der Waals surface area (Å²) in [5.41, 5.74) is 0.661. The summed E-state index contributed by atoms with van der Waals surface area (Å²) in [4.78, 5) is 11.6. The Kier molecular flexibility index (Phi) is 7.14. The summed E-state index contributed by atoms with van der Waals surface area (Å²) in [5.74, 6) is 1.31. The standard InChI is InChI=1S/C16H23BrO2/c1-4-6-7-13(5-2)11-19-16-10-14(17)8-9-15(16)12(3)18/h8-10,13H,4-7,11H2,1-3H3. The fourth-order valence-corrected chi connectivity index (χ4v) is 2.35. The summed E-state index contributed by atoms with van der Waals surface area (Å²) >= 11 is 3.42. The highest BCUT2D eigenvalue weighted by Crippen LogP contribution is 2.25. The Bertz CT molecular complexity index is 415. The molecule has 3 heteroatoms. The van der Waals surface area contributed by atoms with E-state index < -0.39 is 0 Å². The average molecular weight is 327 g/mol. The fourth-order valence-electron chi connectivity index (χ4n) is 2.01. The normalized spacial score (nSPS) is 12.2. The van der Waals surface area contributed by atoms with Crippen LogP contribution in [0.3, 0.4) is 0 Å². The lowest BCUT2D eigenvalue weighted by molar-refractivity contribution is 0.101. The van der Waals surface area contributed by atoms with Gasteiger partial charge in [-0.1, -0.05) is 49.0 Å². The van der Waals surface area contributed by atoms with Crippen molar-refractivity contribution in [3.63, 3.8) is 0 Å². The molecule has 0 aromatic heterocycles. The Morgan fingerprint density at radius 1 is 1.37 bits per heavy atom. The van der Waals surface area contributed by atoms with E-state index in [2.05, 4.69) is 29.8 Å². The molecule has 1 rings (SSSR count). The molecule has 0 heterocycles. The van der Waals surface area contributed by atoms with E-state index >= 15 is 0 Å². The van der Waals surface area contributed by atoms with Crippen molar-refractivity contribution in [2.75, 3.05) is 6.61 Å². The topological polar surface area (TPSA) is 26.3 Å². The lowest BCUT2D eigenvalue weighted by atomic mass is 10.0. The van der Waals surface area contributed by atoms with Gasteiger partial charge in [0.15, 0.2) is 5.78 Å². The van der Waals surface area contributed by atoms with Crippen LogP contribution >= 0.6 is 15.9 Å². The lowest BCUT2D eigenvalue weighted by Gasteiger charge is -2.17. The van der Waals surface area contributed by atoms with E-state index in [1.54, 1.807) is 6.92 Å². The fraction of sp³-hybridized carbons (Fsp3) is 0.562. The van der Waals surface area contributed by atoms with Gasteiger partial charge in [0.25, 0.3) is 0 Å². The van der Waals surface area contributed by atoms with Crippen LogP contribution in [-0.2, 0) is 0 Å². The summed E-state index contributed by atoms with van der Waals surface area (Å²) < 4.78 is 6.82. The van der Waals surface area contributed by atoms with Crippen LogP contribution in [0.4, 0.5) is 0 Å². The first-order valence-electron chi connectivity index (χ1n) is 7.01. The second-order valence-electron chi connectivity index (χ2n) is 4.92. The molecular formula is C16H23BrO2. The number of carbonyl (C=O) groups is 1. The van der Waals surface area contributed by atoms with E-state index in [-0.39, 0.29) is 5.78 Å². The quantitative estimate of drug-likeness (QED) is 0.610. The lowest BCUT2D eigenvalue weighted by Crippen LogP contribution is -2.12.